The fourth-order valence-corrected chi connectivity index (χ4v) is 10.3. The smallest absolute Gasteiger partial charge is 0.303 e. The number of Topliss-reactive ketones (excluding diaryl/α,β-unsaturated/α-hetero) is 2. The van der Waals surface area contributed by atoms with Crippen LogP contribution >= 0.6 is 0 Å². The SMILES string of the molecule is CC(=O)O[C@@H]1C[C@H](O)[C@@]23COC(O)[C@]1(C)[C@@H]2C[C@@H](O)[C@@]1(C)[C@H]2C(=O)C[C@H](c4ccoc4)[C@@]2(C)[C@@H](OC(C)=O)C(=O)[C@@H]13. The van der Waals surface area contributed by atoms with E-state index in [2.05, 4.69) is 0 Å². The molecule has 1 unspecified atom stereocenters. The molecule has 6 rings (SSSR count). The van der Waals surface area contributed by atoms with Crippen molar-refractivity contribution in [1.82, 2.24) is 0 Å². The predicted molar refractivity (Wildman–Crippen MR) is 138 cm³/mol. The predicted octanol–water partition coefficient (Wildman–Crippen LogP) is 1.51. The minimum atomic E-state index is -1.40. The number of ketones is 2. The molecule has 2 bridgehead atoms. The molecular formula is C30H38O11. The zero-order chi connectivity index (χ0) is 29.9. The van der Waals surface area contributed by atoms with E-state index < -0.39 is 93.8 Å². The maximum atomic E-state index is 14.9. The van der Waals surface area contributed by atoms with Gasteiger partial charge < -0.3 is 33.9 Å². The third-order valence-electron chi connectivity index (χ3n) is 11.9. The van der Waals surface area contributed by atoms with Crippen LogP contribution in [-0.4, -0.2) is 76.1 Å². The van der Waals surface area contributed by atoms with Gasteiger partial charge in [-0.1, -0.05) is 20.8 Å². The molecule has 0 radical (unpaired) electrons. The number of hydrogen-bond acceptors (Lipinski definition) is 11. The van der Waals surface area contributed by atoms with Gasteiger partial charge in [-0.25, -0.2) is 0 Å². The third kappa shape index (κ3) is 3.34. The van der Waals surface area contributed by atoms with Crippen molar-refractivity contribution in [3.05, 3.63) is 24.2 Å². The van der Waals surface area contributed by atoms with Crippen molar-refractivity contribution >= 4 is 23.5 Å². The van der Waals surface area contributed by atoms with Crippen LogP contribution in [0, 0.1) is 39.4 Å². The minimum absolute atomic E-state index is 0.0283. The number of carbonyl (C=O) groups excluding carboxylic acids is 4. The van der Waals surface area contributed by atoms with E-state index in [-0.39, 0.29) is 31.7 Å². The molecule has 41 heavy (non-hydrogen) atoms. The Morgan fingerprint density at radius 1 is 0.927 bits per heavy atom. The van der Waals surface area contributed by atoms with Crippen LogP contribution in [0.15, 0.2) is 23.0 Å². The average Bonchev–Trinajstić information content (AvgIpc) is 3.50. The highest BCUT2D eigenvalue weighted by Gasteiger charge is 2.82. The molecule has 1 aromatic heterocycles. The Balaban J connectivity index is 1.57. The lowest BCUT2D eigenvalue weighted by molar-refractivity contribution is -0.371. The molecule has 13 atom stereocenters. The lowest BCUT2D eigenvalue weighted by atomic mass is 9.33. The van der Waals surface area contributed by atoms with Crippen molar-refractivity contribution < 1.29 is 53.1 Å². The first-order valence-electron chi connectivity index (χ1n) is 14.2. The molecule has 1 aromatic rings. The lowest BCUT2D eigenvalue weighted by Crippen LogP contribution is -2.80. The van der Waals surface area contributed by atoms with Gasteiger partial charge in [-0.3, -0.25) is 19.2 Å². The van der Waals surface area contributed by atoms with Gasteiger partial charge in [0, 0.05) is 60.7 Å². The number of hydrogen-bond donors (Lipinski definition) is 3. The molecule has 2 heterocycles. The maximum Gasteiger partial charge on any atom is 0.303 e. The number of carbonyl (C=O) groups is 4. The van der Waals surface area contributed by atoms with Gasteiger partial charge in [-0.15, -0.1) is 0 Å². The van der Waals surface area contributed by atoms with Crippen LogP contribution in [0.1, 0.15) is 65.4 Å². The summed E-state index contributed by atoms with van der Waals surface area (Å²) in [6, 6.07) is 1.73. The third-order valence-corrected chi connectivity index (χ3v) is 11.9. The van der Waals surface area contributed by atoms with E-state index in [1.807, 2.05) is 0 Å². The van der Waals surface area contributed by atoms with Crippen molar-refractivity contribution in [2.24, 2.45) is 39.4 Å². The number of rotatable bonds is 3. The second-order valence-electron chi connectivity index (χ2n) is 13.6. The van der Waals surface area contributed by atoms with Gasteiger partial charge in [0.2, 0.25) is 0 Å². The van der Waals surface area contributed by atoms with Crippen LogP contribution in [-0.2, 0) is 33.4 Å². The van der Waals surface area contributed by atoms with Crippen LogP contribution in [0.25, 0.3) is 0 Å². The summed E-state index contributed by atoms with van der Waals surface area (Å²) in [5, 5.41) is 35.1. The molecule has 1 saturated heterocycles. The second kappa shape index (κ2) is 8.95. The molecule has 1 aliphatic heterocycles. The van der Waals surface area contributed by atoms with Gasteiger partial charge >= 0.3 is 11.9 Å². The van der Waals surface area contributed by atoms with Crippen molar-refractivity contribution in [2.75, 3.05) is 6.61 Å². The Hall–Kier alpha value is -2.60. The van der Waals surface area contributed by atoms with Crippen LogP contribution in [0.4, 0.5) is 0 Å². The summed E-state index contributed by atoms with van der Waals surface area (Å²) in [7, 11) is 0. The molecule has 5 fully saturated rings. The molecule has 5 aliphatic rings. The zero-order valence-electron chi connectivity index (χ0n) is 23.9. The number of furan rings is 1. The highest BCUT2D eigenvalue weighted by Crippen LogP contribution is 2.75. The monoisotopic (exact) mass is 574 g/mol. The topological polar surface area (TPSA) is 170 Å². The summed E-state index contributed by atoms with van der Waals surface area (Å²) in [5.41, 5.74) is -4.52. The van der Waals surface area contributed by atoms with Gasteiger partial charge in [-0.05, 0) is 24.0 Å². The molecule has 3 N–H and O–H groups in total. The molecule has 0 aromatic carbocycles. The Bertz CT molecular complexity index is 1290. The first-order chi connectivity index (χ1) is 19.2. The van der Waals surface area contributed by atoms with Crippen molar-refractivity contribution in [1.29, 1.82) is 0 Å². The quantitative estimate of drug-likeness (QED) is 0.447. The average molecular weight is 575 g/mol. The number of aliphatic hydroxyl groups excluding tert-OH is 3. The van der Waals surface area contributed by atoms with Crippen LogP contribution < -0.4 is 0 Å². The largest absolute Gasteiger partial charge is 0.472 e. The first kappa shape index (κ1) is 28.5. The summed E-state index contributed by atoms with van der Waals surface area (Å²) in [6.45, 7) is 7.39. The van der Waals surface area contributed by atoms with Crippen molar-refractivity contribution in [3.63, 3.8) is 0 Å². The maximum absolute atomic E-state index is 14.9. The molecule has 4 aliphatic carbocycles. The Morgan fingerprint density at radius 3 is 2.22 bits per heavy atom. The molecule has 4 saturated carbocycles. The zero-order valence-corrected chi connectivity index (χ0v) is 23.9. The molecule has 0 amide bonds. The fraction of sp³-hybridized carbons (Fsp3) is 0.733. The summed E-state index contributed by atoms with van der Waals surface area (Å²) in [4.78, 5) is 53.5. The van der Waals surface area contributed by atoms with E-state index in [0.29, 0.717) is 5.56 Å². The number of aliphatic hydroxyl groups is 3. The van der Waals surface area contributed by atoms with Gasteiger partial charge in [-0.2, -0.15) is 0 Å². The van der Waals surface area contributed by atoms with E-state index in [4.69, 9.17) is 18.6 Å². The minimum Gasteiger partial charge on any atom is -0.472 e. The molecule has 11 nitrogen and oxygen atoms in total. The summed E-state index contributed by atoms with van der Waals surface area (Å²) in [5.74, 6) is -5.30. The van der Waals surface area contributed by atoms with E-state index in [9.17, 15) is 34.5 Å². The lowest BCUT2D eigenvalue weighted by Gasteiger charge is -2.72. The fourth-order valence-electron chi connectivity index (χ4n) is 10.3. The Morgan fingerprint density at radius 2 is 1.61 bits per heavy atom. The summed E-state index contributed by atoms with van der Waals surface area (Å²) < 4.78 is 22.6. The Kier molecular flexibility index (Phi) is 6.23. The van der Waals surface area contributed by atoms with Gasteiger partial charge in [0.25, 0.3) is 0 Å². The van der Waals surface area contributed by atoms with Crippen molar-refractivity contribution in [2.45, 2.75) is 90.5 Å². The van der Waals surface area contributed by atoms with E-state index in [0.717, 1.165) is 0 Å². The van der Waals surface area contributed by atoms with Gasteiger partial charge in [0.15, 0.2) is 18.2 Å². The number of ether oxygens (including phenoxy) is 3. The normalized spacial score (nSPS) is 50.4. The van der Waals surface area contributed by atoms with Crippen LogP contribution in [0.3, 0.4) is 0 Å². The van der Waals surface area contributed by atoms with Crippen molar-refractivity contribution in [3.8, 4) is 0 Å². The first-order valence-corrected chi connectivity index (χ1v) is 14.2. The number of esters is 2. The van der Waals surface area contributed by atoms with Gasteiger partial charge in [0.1, 0.15) is 11.9 Å². The highest BCUT2D eigenvalue weighted by molar-refractivity contribution is 5.97. The summed E-state index contributed by atoms with van der Waals surface area (Å²) in [6.07, 6.45) is -3.16. The summed E-state index contributed by atoms with van der Waals surface area (Å²) >= 11 is 0. The van der Waals surface area contributed by atoms with Crippen LogP contribution in [0.5, 0.6) is 0 Å². The second-order valence-corrected chi connectivity index (χ2v) is 13.6. The van der Waals surface area contributed by atoms with E-state index in [1.54, 1.807) is 26.8 Å². The molecular weight excluding hydrogens is 536 g/mol. The highest BCUT2D eigenvalue weighted by atomic mass is 16.6. The molecule has 224 valence electrons. The molecule has 0 spiro atoms. The Labute approximate surface area is 237 Å². The molecule has 11 heteroatoms. The van der Waals surface area contributed by atoms with Gasteiger partial charge in [0.05, 0.1) is 36.8 Å². The number of fused-ring (bicyclic) bond motifs is 3. The van der Waals surface area contributed by atoms with Crippen LogP contribution in [0.2, 0.25) is 0 Å². The van der Waals surface area contributed by atoms with E-state index >= 15 is 0 Å². The van der Waals surface area contributed by atoms with E-state index in [1.165, 1.54) is 26.4 Å². The standard InChI is InChI=1S/C30H38O11/c1-13(31)40-21-10-20(35)30-12-39-26(37)28(21,4)18(30)9-19(34)29(5)23-17(33)8-16(15-6-7-38-11-15)27(23,3)25(41-14(2)32)22(36)24(29)30/h6-7,11,16,18-21,23-26,34-35,37H,8-10,12H2,1-5H3/t16-,18+,19-,20+,21-,23+,24+,25+,26?,27-,28-,29+,30-/m1/s1.